The monoisotopic (exact) mass is 374 g/mol. The second-order valence-electron chi connectivity index (χ2n) is 5.00. The van der Waals surface area contributed by atoms with E-state index in [2.05, 4.69) is 20.6 Å². The van der Waals surface area contributed by atoms with E-state index in [9.17, 15) is 0 Å². The number of anilines is 1. The first-order chi connectivity index (χ1) is 11.7. The lowest BCUT2D eigenvalue weighted by Crippen LogP contribution is -2.30. The summed E-state index contributed by atoms with van der Waals surface area (Å²) < 4.78 is 0. The van der Waals surface area contributed by atoms with E-state index in [1.54, 1.807) is 12.4 Å². The van der Waals surface area contributed by atoms with E-state index in [0.29, 0.717) is 11.7 Å². The Morgan fingerprint density at radius 1 is 1.21 bits per heavy atom. The number of thiazole rings is 1. The van der Waals surface area contributed by atoms with Crippen LogP contribution in [0.4, 0.5) is 5.13 Å². The summed E-state index contributed by atoms with van der Waals surface area (Å²) in [6, 6.07) is 11.7. The molecule has 0 aliphatic heterocycles. The molecule has 0 fully saturated rings. The molecule has 0 aliphatic rings. The highest BCUT2D eigenvalue weighted by molar-refractivity contribution is 7.80. The molecular formula is C17H15ClN4S2. The molecule has 2 aromatic heterocycles. The number of nitrogens with zero attached hydrogens (tertiary/aromatic N) is 2. The van der Waals surface area contributed by atoms with Gasteiger partial charge in [-0.25, -0.2) is 4.98 Å². The van der Waals surface area contributed by atoms with Crippen LogP contribution in [-0.4, -0.2) is 21.6 Å². The summed E-state index contributed by atoms with van der Waals surface area (Å²) in [4.78, 5) is 8.62. The highest BCUT2D eigenvalue weighted by Gasteiger charge is 2.06. The van der Waals surface area contributed by atoms with Crippen molar-refractivity contribution in [3.05, 3.63) is 64.8 Å². The Kier molecular flexibility index (Phi) is 5.74. The zero-order valence-electron chi connectivity index (χ0n) is 12.7. The number of hydrogen-bond acceptors (Lipinski definition) is 4. The molecule has 0 saturated carbocycles. The van der Waals surface area contributed by atoms with E-state index in [1.165, 1.54) is 11.3 Å². The zero-order chi connectivity index (χ0) is 16.8. The van der Waals surface area contributed by atoms with Crippen molar-refractivity contribution in [3.63, 3.8) is 0 Å². The molecule has 3 aromatic rings. The molecule has 0 atom stereocenters. The summed E-state index contributed by atoms with van der Waals surface area (Å²) in [7, 11) is 0. The molecule has 24 heavy (non-hydrogen) atoms. The van der Waals surface area contributed by atoms with Gasteiger partial charge >= 0.3 is 0 Å². The van der Waals surface area contributed by atoms with Gasteiger partial charge in [-0.05, 0) is 42.4 Å². The van der Waals surface area contributed by atoms with Crippen LogP contribution in [0.15, 0.2) is 54.2 Å². The molecule has 0 unspecified atom stereocenters. The van der Waals surface area contributed by atoms with Gasteiger partial charge in [-0.1, -0.05) is 29.8 Å². The van der Waals surface area contributed by atoms with Gasteiger partial charge in [0.15, 0.2) is 10.2 Å². The van der Waals surface area contributed by atoms with Crippen LogP contribution in [0.3, 0.4) is 0 Å². The van der Waals surface area contributed by atoms with Crippen molar-refractivity contribution in [3.8, 4) is 11.3 Å². The van der Waals surface area contributed by atoms with Crippen molar-refractivity contribution in [2.24, 2.45) is 0 Å². The lowest BCUT2D eigenvalue weighted by atomic mass is 10.1. The van der Waals surface area contributed by atoms with Crippen molar-refractivity contribution in [1.29, 1.82) is 0 Å². The Morgan fingerprint density at radius 3 is 2.88 bits per heavy atom. The summed E-state index contributed by atoms with van der Waals surface area (Å²) in [5.74, 6) is 0. The van der Waals surface area contributed by atoms with Gasteiger partial charge in [-0.15, -0.1) is 11.3 Å². The standard InChI is InChI=1S/C17H15ClN4S2/c18-14-6-2-1-4-12(14)7-9-20-16(23)22-17-21-15(11-24-17)13-5-3-8-19-10-13/h1-6,8,10-11H,7,9H2,(H2,20,21,22,23). The van der Waals surface area contributed by atoms with E-state index < -0.39 is 0 Å². The Bertz CT molecular complexity index is 820. The molecule has 0 bridgehead atoms. The molecule has 2 N–H and O–H groups in total. The van der Waals surface area contributed by atoms with E-state index in [-0.39, 0.29) is 0 Å². The third-order valence-corrected chi connectivity index (χ3v) is 4.69. The maximum Gasteiger partial charge on any atom is 0.189 e. The molecule has 1 aromatic carbocycles. The fraction of sp³-hybridized carbons (Fsp3) is 0.118. The Morgan fingerprint density at radius 2 is 2.08 bits per heavy atom. The van der Waals surface area contributed by atoms with Crippen molar-refractivity contribution < 1.29 is 0 Å². The number of nitrogens with one attached hydrogen (secondary N) is 2. The van der Waals surface area contributed by atoms with Crippen molar-refractivity contribution in [1.82, 2.24) is 15.3 Å². The SMILES string of the molecule is S=C(NCCc1ccccc1Cl)Nc1nc(-c2cccnc2)cs1. The first-order valence-corrected chi connectivity index (χ1v) is 9.03. The third-order valence-electron chi connectivity index (χ3n) is 3.32. The van der Waals surface area contributed by atoms with Gasteiger partial charge in [0, 0.05) is 34.9 Å². The maximum absolute atomic E-state index is 6.14. The van der Waals surface area contributed by atoms with E-state index in [0.717, 1.165) is 33.4 Å². The normalized spacial score (nSPS) is 10.4. The van der Waals surface area contributed by atoms with Crippen LogP contribution < -0.4 is 10.6 Å². The molecule has 2 heterocycles. The van der Waals surface area contributed by atoms with Crippen LogP contribution in [0, 0.1) is 0 Å². The number of pyridine rings is 1. The summed E-state index contributed by atoms with van der Waals surface area (Å²) >= 11 is 13.0. The molecule has 122 valence electrons. The molecule has 7 heteroatoms. The number of benzene rings is 1. The van der Waals surface area contributed by atoms with E-state index in [1.807, 2.05) is 41.8 Å². The van der Waals surface area contributed by atoms with Gasteiger partial charge in [-0.2, -0.15) is 0 Å². The van der Waals surface area contributed by atoms with Crippen LogP contribution in [0.2, 0.25) is 5.02 Å². The summed E-state index contributed by atoms with van der Waals surface area (Å²) in [6.07, 6.45) is 4.34. The van der Waals surface area contributed by atoms with Crippen molar-refractivity contribution in [2.75, 3.05) is 11.9 Å². The van der Waals surface area contributed by atoms with Crippen molar-refractivity contribution in [2.45, 2.75) is 6.42 Å². The van der Waals surface area contributed by atoms with Crippen LogP contribution in [-0.2, 0) is 6.42 Å². The lowest BCUT2D eigenvalue weighted by molar-refractivity contribution is 0.873. The second kappa shape index (κ2) is 8.19. The highest BCUT2D eigenvalue weighted by atomic mass is 35.5. The lowest BCUT2D eigenvalue weighted by Gasteiger charge is -2.09. The fourth-order valence-corrected chi connectivity index (χ4v) is 3.35. The fourth-order valence-electron chi connectivity index (χ4n) is 2.13. The van der Waals surface area contributed by atoms with Gasteiger partial charge in [0.25, 0.3) is 0 Å². The second-order valence-corrected chi connectivity index (χ2v) is 6.68. The number of hydrogen-bond donors (Lipinski definition) is 2. The highest BCUT2D eigenvalue weighted by Crippen LogP contribution is 2.23. The van der Waals surface area contributed by atoms with Gasteiger partial charge < -0.3 is 10.6 Å². The molecular weight excluding hydrogens is 360 g/mol. The average Bonchev–Trinajstić information content (AvgIpc) is 3.06. The van der Waals surface area contributed by atoms with Gasteiger partial charge in [0.2, 0.25) is 0 Å². The summed E-state index contributed by atoms with van der Waals surface area (Å²) in [5, 5.41) is 10.3. The summed E-state index contributed by atoms with van der Waals surface area (Å²) in [5.41, 5.74) is 2.97. The largest absolute Gasteiger partial charge is 0.362 e. The minimum Gasteiger partial charge on any atom is -0.362 e. The number of thiocarbonyl (C=S) groups is 1. The van der Waals surface area contributed by atoms with Crippen molar-refractivity contribution >= 4 is 45.4 Å². The first-order valence-electron chi connectivity index (χ1n) is 7.36. The molecule has 4 nitrogen and oxygen atoms in total. The first kappa shape index (κ1) is 16.8. The maximum atomic E-state index is 6.14. The van der Waals surface area contributed by atoms with Crippen LogP contribution in [0.1, 0.15) is 5.56 Å². The average molecular weight is 375 g/mol. The predicted octanol–water partition coefficient (Wildman–Crippen LogP) is 4.39. The molecule has 0 radical (unpaired) electrons. The molecule has 0 spiro atoms. The summed E-state index contributed by atoms with van der Waals surface area (Å²) in [6.45, 7) is 0.705. The molecule has 0 saturated heterocycles. The van der Waals surface area contributed by atoms with E-state index in [4.69, 9.17) is 23.8 Å². The minimum atomic E-state index is 0.550. The van der Waals surface area contributed by atoms with Gasteiger partial charge in [0.1, 0.15) is 0 Å². The van der Waals surface area contributed by atoms with E-state index >= 15 is 0 Å². The molecule has 3 rings (SSSR count). The number of aromatic nitrogens is 2. The number of halogens is 1. The zero-order valence-corrected chi connectivity index (χ0v) is 15.1. The Hall–Kier alpha value is -2.02. The quantitative estimate of drug-likeness (QED) is 0.649. The van der Waals surface area contributed by atoms with Gasteiger partial charge in [0.05, 0.1) is 5.69 Å². The minimum absolute atomic E-state index is 0.550. The Labute approximate surface area is 154 Å². The van der Waals surface area contributed by atoms with Crippen LogP contribution in [0.5, 0.6) is 0 Å². The molecule has 0 aliphatic carbocycles. The molecule has 0 amide bonds. The predicted molar refractivity (Wildman–Crippen MR) is 105 cm³/mol. The van der Waals surface area contributed by atoms with Crippen LogP contribution >= 0.6 is 35.2 Å². The number of rotatable bonds is 5. The third kappa shape index (κ3) is 4.50. The topological polar surface area (TPSA) is 49.8 Å². The smallest absolute Gasteiger partial charge is 0.189 e. The van der Waals surface area contributed by atoms with Crippen LogP contribution in [0.25, 0.3) is 11.3 Å². The Balaban J connectivity index is 1.51. The van der Waals surface area contributed by atoms with Gasteiger partial charge in [-0.3, -0.25) is 4.98 Å².